The van der Waals surface area contributed by atoms with Gasteiger partial charge in [0.2, 0.25) is 0 Å². The Morgan fingerprint density at radius 1 is 1.62 bits per heavy atom. The standard InChI is InChI=1S/C10H15NO2/c1-10(2,11)7-8(12)6-9-4-3-5-13-9/h3-5H,6-7,11H2,1-2H3. The second-order valence-corrected chi connectivity index (χ2v) is 3.96. The van der Waals surface area contributed by atoms with Gasteiger partial charge in [0, 0.05) is 12.0 Å². The lowest BCUT2D eigenvalue weighted by Crippen LogP contribution is -2.35. The maximum Gasteiger partial charge on any atom is 0.142 e. The molecule has 0 bridgehead atoms. The first-order chi connectivity index (χ1) is 5.97. The van der Waals surface area contributed by atoms with Crippen molar-refractivity contribution in [3.05, 3.63) is 24.2 Å². The molecule has 72 valence electrons. The van der Waals surface area contributed by atoms with Gasteiger partial charge >= 0.3 is 0 Å². The zero-order valence-electron chi connectivity index (χ0n) is 8.04. The summed E-state index contributed by atoms with van der Waals surface area (Å²) in [6, 6.07) is 3.57. The molecule has 0 radical (unpaired) electrons. The molecule has 1 aromatic heterocycles. The molecule has 1 rings (SSSR count). The molecule has 0 aliphatic rings. The Balaban J connectivity index is 2.43. The van der Waals surface area contributed by atoms with Crippen molar-refractivity contribution in [1.82, 2.24) is 0 Å². The zero-order valence-corrected chi connectivity index (χ0v) is 8.04. The predicted octanol–water partition coefficient (Wildman–Crippen LogP) is 1.52. The summed E-state index contributed by atoms with van der Waals surface area (Å²) < 4.78 is 5.06. The van der Waals surface area contributed by atoms with Gasteiger partial charge in [-0.15, -0.1) is 0 Å². The summed E-state index contributed by atoms with van der Waals surface area (Å²) in [6.45, 7) is 3.68. The van der Waals surface area contributed by atoms with E-state index in [4.69, 9.17) is 10.2 Å². The second kappa shape index (κ2) is 3.75. The first-order valence-corrected chi connectivity index (χ1v) is 4.30. The lowest BCUT2D eigenvalue weighted by atomic mass is 9.97. The lowest BCUT2D eigenvalue weighted by Gasteiger charge is -2.16. The van der Waals surface area contributed by atoms with E-state index >= 15 is 0 Å². The van der Waals surface area contributed by atoms with Gasteiger partial charge in [-0.2, -0.15) is 0 Å². The molecule has 0 atom stereocenters. The van der Waals surface area contributed by atoms with Crippen molar-refractivity contribution in [2.24, 2.45) is 5.73 Å². The summed E-state index contributed by atoms with van der Waals surface area (Å²) in [5.41, 5.74) is 5.29. The maximum absolute atomic E-state index is 11.4. The minimum Gasteiger partial charge on any atom is -0.469 e. The summed E-state index contributed by atoms with van der Waals surface area (Å²) in [5, 5.41) is 0. The third-order valence-electron chi connectivity index (χ3n) is 1.60. The van der Waals surface area contributed by atoms with Gasteiger partial charge in [-0.05, 0) is 26.0 Å². The smallest absolute Gasteiger partial charge is 0.142 e. The van der Waals surface area contributed by atoms with Crippen LogP contribution in [0.2, 0.25) is 0 Å². The molecular formula is C10H15NO2. The SMILES string of the molecule is CC(C)(N)CC(=O)Cc1ccco1. The van der Waals surface area contributed by atoms with Crippen LogP contribution < -0.4 is 5.73 Å². The highest BCUT2D eigenvalue weighted by Crippen LogP contribution is 2.08. The minimum atomic E-state index is -0.427. The highest BCUT2D eigenvalue weighted by Gasteiger charge is 2.17. The first-order valence-electron chi connectivity index (χ1n) is 4.30. The average Bonchev–Trinajstić information content (AvgIpc) is 2.34. The first kappa shape index (κ1) is 9.99. The van der Waals surface area contributed by atoms with Gasteiger partial charge in [0.25, 0.3) is 0 Å². The van der Waals surface area contributed by atoms with Crippen LogP contribution in [-0.4, -0.2) is 11.3 Å². The quantitative estimate of drug-likeness (QED) is 0.766. The van der Waals surface area contributed by atoms with Crippen molar-refractivity contribution in [3.63, 3.8) is 0 Å². The average molecular weight is 181 g/mol. The molecular weight excluding hydrogens is 166 g/mol. The number of hydrogen-bond acceptors (Lipinski definition) is 3. The molecule has 3 nitrogen and oxygen atoms in total. The van der Waals surface area contributed by atoms with Crippen molar-refractivity contribution in [2.45, 2.75) is 32.2 Å². The number of hydrogen-bond donors (Lipinski definition) is 1. The summed E-state index contributed by atoms with van der Waals surface area (Å²) in [4.78, 5) is 11.4. The number of carbonyl (C=O) groups is 1. The van der Waals surface area contributed by atoms with Crippen LogP contribution in [0.25, 0.3) is 0 Å². The number of furan rings is 1. The van der Waals surface area contributed by atoms with Crippen LogP contribution in [0.5, 0.6) is 0 Å². The van der Waals surface area contributed by atoms with E-state index in [2.05, 4.69) is 0 Å². The number of rotatable bonds is 4. The van der Waals surface area contributed by atoms with Crippen molar-refractivity contribution in [3.8, 4) is 0 Å². The Hall–Kier alpha value is -1.09. The number of nitrogens with two attached hydrogens (primary N) is 1. The molecule has 1 heterocycles. The largest absolute Gasteiger partial charge is 0.469 e. The molecule has 1 aromatic rings. The number of ketones is 1. The van der Waals surface area contributed by atoms with Crippen molar-refractivity contribution in [1.29, 1.82) is 0 Å². The van der Waals surface area contributed by atoms with Crippen molar-refractivity contribution < 1.29 is 9.21 Å². The summed E-state index contributed by atoms with van der Waals surface area (Å²) in [7, 11) is 0. The van der Waals surface area contributed by atoms with Crippen LogP contribution in [-0.2, 0) is 11.2 Å². The van der Waals surface area contributed by atoms with Gasteiger partial charge in [0.1, 0.15) is 11.5 Å². The van der Waals surface area contributed by atoms with Gasteiger partial charge in [-0.1, -0.05) is 0 Å². The van der Waals surface area contributed by atoms with Crippen molar-refractivity contribution in [2.75, 3.05) is 0 Å². The molecule has 0 amide bonds. The molecule has 0 aromatic carbocycles. The Bertz CT molecular complexity index is 270. The molecule has 13 heavy (non-hydrogen) atoms. The van der Waals surface area contributed by atoms with E-state index in [1.807, 2.05) is 13.8 Å². The van der Waals surface area contributed by atoms with E-state index in [0.29, 0.717) is 18.6 Å². The van der Waals surface area contributed by atoms with Crippen LogP contribution in [0.3, 0.4) is 0 Å². The summed E-state index contributed by atoms with van der Waals surface area (Å²) >= 11 is 0. The van der Waals surface area contributed by atoms with Crippen LogP contribution in [0.1, 0.15) is 26.0 Å². The lowest BCUT2D eigenvalue weighted by molar-refractivity contribution is -0.119. The van der Waals surface area contributed by atoms with Gasteiger partial charge in [-0.3, -0.25) is 4.79 Å². The number of Topliss-reactive ketones (excluding diaryl/α,β-unsaturated/α-hetero) is 1. The van der Waals surface area contributed by atoms with E-state index in [9.17, 15) is 4.79 Å². The van der Waals surface area contributed by atoms with E-state index in [1.165, 1.54) is 0 Å². The Labute approximate surface area is 77.9 Å². The second-order valence-electron chi connectivity index (χ2n) is 3.96. The van der Waals surface area contributed by atoms with Gasteiger partial charge < -0.3 is 10.2 Å². The number of carbonyl (C=O) groups excluding carboxylic acids is 1. The fourth-order valence-electron chi connectivity index (χ4n) is 1.18. The third-order valence-corrected chi connectivity index (χ3v) is 1.60. The molecule has 0 unspecified atom stereocenters. The molecule has 0 saturated heterocycles. The molecule has 0 fully saturated rings. The Kier molecular flexibility index (Phi) is 2.88. The molecule has 0 spiro atoms. The van der Waals surface area contributed by atoms with E-state index in [1.54, 1.807) is 18.4 Å². The van der Waals surface area contributed by atoms with Crippen LogP contribution in [0, 0.1) is 0 Å². The molecule has 3 heteroatoms. The zero-order chi connectivity index (χ0) is 9.90. The van der Waals surface area contributed by atoms with Crippen molar-refractivity contribution >= 4 is 5.78 Å². The molecule has 0 aliphatic carbocycles. The van der Waals surface area contributed by atoms with Crippen LogP contribution in [0.4, 0.5) is 0 Å². The van der Waals surface area contributed by atoms with Gasteiger partial charge in [-0.25, -0.2) is 0 Å². The third kappa shape index (κ3) is 3.90. The normalized spacial score (nSPS) is 11.6. The van der Waals surface area contributed by atoms with E-state index < -0.39 is 5.54 Å². The molecule has 0 saturated carbocycles. The van der Waals surface area contributed by atoms with Gasteiger partial charge in [0.15, 0.2) is 0 Å². The van der Waals surface area contributed by atoms with E-state index in [-0.39, 0.29) is 5.78 Å². The van der Waals surface area contributed by atoms with Crippen LogP contribution in [0.15, 0.2) is 22.8 Å². The summed E-state index contributed by atoms with van der Waals surface area (Å²) in [6.07, 6.45) is 2.29. The van der Waals surface area contributed by atoms with Gasteiger partial charge in [0.05, 0.1) is 12.7 Å². The highest BCUT2D eigenvalue weighted by molar-refractivity contribution is 5.81. The molecule has 0 aliphatic heterocycles. The fourth-order valence-corrected chi connectivity index (χ4v) is 1.18. The monoisotopic (exact) mass is 181 g/mol. The van der Waals surface area contributed by atoms with Crippen LogP contribution >= 0.6 is 0 Å². The predicted molar refractivity (Wildman–Crippen MR) is 50.3 cm³/mol. The topological polar surface area (TPSA) is 56.2 Å². The maximum atomic E-state index is 11.4. The molecule has 2 N–H and O–H groups in total. The summed E-state index contributed by atoms with van der Waals surface area (Å²) in [5.74, 6) is 0.816. The highest BCUT2D eigenvalue weighted by atomic mass is 16.3. The fraction of sp³-hybridized carbons (Fsp3) is 0.500. The van der Waals surface area contributed by atoms with E-state index in [0.717, 1.165) is 0 Å². The Morgan fingerprint density at radius 3 is 2.77 bits per heavy atom. The minimum absolute atomic E-state index is 0.113. The Morgan fingerprint density at radius 2 is 2.31 bits per heavy atom.